The number of carboxylic acids is 1. The molecule has 10 nitrogen and oxygen atoms in total. The molecule has 3 rings (SSSR count). The molecule has 1 aromatic rings. The van der Waals surface area contributed by atoms with E-state index in [0.29, 0.717) is 4.90 Å². The van der Waals surface area contributed by atoms with Gasteiger partial charge in [0.1, 0.15) is 17.9 Å². The molecule has 0 radical (unpaired) electrons. The molecule has 0 saturated carbocycles. The normalized spacial score (nSPS) is 18.7. The van der Waals surface area contributed by atoms with Gasteiger partial charge in [-0.25, -0.2) is 4.39 Å². The summed E-state index contributed by atoms with van der Waals surface area (Å²) in [7, 11) is 0. The molecule has 2 heterocycles. The smallest absolute Gasteiger partial charge is 0.321 e. The second kappa shape index (κ2) is 12.0. The minimum absolute atomic E-state index is 0.00726. The van der Waals surface area contributed by atoms with Gasteiger partial charge in [-0.05, 0) is 37.6 Å². The summed E-state index contributed by atoms with van der Waals surface area (Å²) in [5, 5.41) is 17.9. The van der Waals surface area contributed by atoms with E-state index in [2.05, 4.69) is 0 Å². The number of halogens is 1. The number of rotatable bonds is 8. The van der Waals surface area contributed by atoms with Crippen molar-refractivity contribution in [1.29, 1.82) is 0 Å². The van der Waals surface area contributed by atoms with Gasteiger partial charge < -0.3 is 10.2 Å². The van der Waals surface area contributed by atoms with Gasteiger partial charge in [0.15, 0.2) is 0 Å². The number of likely N-dealkylation sites (tertiary alicyclic amines) is 1. The minimum Gasteiger partial charge on any atom is -0.480 e. The molecule has 1 saturated heterocycles. The number of hydrogen-bond donors (Lipinski definition) is 2. The number of carboxylic acid groups (broad SMARTS) is 1. The standard InChI is InChI=1S/C15H13FN2O5.C9H19NO2/c16-9-3-1-2-8-12(9)15(23)18(13(8)21)10-4-5-11(20)17(6-7-19)14(10)22;1-5-10(6-2)8(7(3)4)9(11)12/h1-3,10,19H,4-7H2;7-8H,5-6H2,1-4H3,(H,11,12)/t;8-/m.0/s1. The van der Waals surface area contributed by atoms with Crippen molar-refractivity contribution in [2.24, 2.45) is 5.92 Å². The number of aliphatic carboxylic acids is 1. The molecule has 11 heteroatoms. The van der Waals surface area contributed by atoms with Crippen LogP contribution in [0.1, 0.15) is 61.3 Å². The molecule has 35 heavy (non-hydrogen) atoms. The van der Waals surface area contributed by atoms with E-state index in [0.717, 1.165) is 24.1 Å². The van der Waals surface area contributed by atoms with Crippen molar-refractivity contribution in [3.8, 4) is 0 Å². The van der Waals surface area contributed by atoms with Crippen molar-refractivity contribution >= 4 is 29.6 Å². The molecule has 1 fully saturated rings. The fourth-order valence-corrected chi connectivity index (χ4v) is 4.42. The second-order valence-corrected chi connectivity index (χ2v) is 8.55. The fourth-order valence-electron chi connectivity index (χ4n) is 4.42. The Bertz CT molecular complexity index is 993. The van der Waals surface area contributed by atoms with Gasteiger partial charge in [-0.1, -0.05) is 33.8 Å². The zero-order chi connectivity index (χ0) is 26.4. The van der Waals surface area contributed by atoms with E-state index in [1.807, 2.05) is 32.6 Å². The number of hydrogen-bond acceptors (Lipinski definition) is 7. The van der Waals surface area contributed by atoms with Gasteiger partial charge in [0.2, 0.25) is 5.91 Å². The number of aliphatic hydroxyl groups excluding tert-OH is 1. The summed E-state index contributed by atoms with van der Waals surface area (Å²) in [4.78, 5) is 63.3. The van der Waals surface area contributed by atoms with E-state index >= 15 is 0 Å². The van der Waals surface area contributed by atoms with Crippen LogP contribution in [0.15, 0.2) is 18.2 Å². The maximum Gasteiger partial charge on any atom is 0.321 e. The van der Waals surface area contributed by atoms with E-state index in [4.69, 9.17) is 10.2 Å². The molecular weight excluding hydrogens is 461 g/mol. The van der Waals surface area contributed by atoms with Gasteiger partial charge in [-0.3, -0.25) is 38.7 Å². The van der Waals surface area contributed by atoms with Crippen molar-refractivity contribution in [2.75, 3.05) is 26.2 Å². The maximum atomic E-state index is 13.8. The molecule has 0 aliphatic carbocycles. The van der Waals surface area contributed by atoms with Crippen molar-refractivity contribution in [3.05, 3.63) is 35.1 Å². The number of likely N-dealkylation sites (N-methyl/N-ethyl adjacent to an activating group) is 1. The molecule has 1 aromatic carbocycles. The van der Waals surface area contributed by atoms with Crippen LogP contribution in [-0.4, -0.2) is 92.8 Å². The molecule has 0 spiro atoms. The lowest BCUT2D eigenvalue weighted by Crippen LogP contribution is -2.56. The Hall–Kier alpha value is -3.18. The number of carbonyl (C=O) groups is 5. The van der Waals surface area contributed by atoms with Gasteiger partial charge in [-0.15, -0.1) is 0 Å². The lowest BCUT2D eigenvalue weighted by molar-refractivity contribution is -0.152. The Morgan fingerprint density at radius 3 is 2.23 bits per heavy atom. The zero-order valence-electron chi connectivity index (χ0n) is 20.4. The highest BCUT2D eigenvalue weighted by Crippen LogP contribution is 2.30. The van der Waals surface area contributed by atoms with Gasteiger partial charge in [0.05, 0.1) is 24.3 Å². The quantitative estimate of drug-likeness (QED) is 0.519. The molecule has 4 amide bonds. The second-order valence-electron chi connectivity index (χ2n) is 8.55. The van der Waals surface area contributed by atoms with Gasteiger partial charge in [-0.2, -0.15) is 0 Å². The predicted octanol–water partition coefficient (Wildman–Crippen LogP) is 1.37. The first-order valence-electron chi connectivity index (χ1n) is 11.6. The Labute approximate surface area is 203 Å². The number of imide groups is 2. The summed E-state index contributed by atoms with van der Waals surface area (Å²) in [6.45, 7) is 8.84. The van der Waals surface area contributed by atoms with Crippen molar-refractivity contribution in [1.82, 2.24) is 14.7 Å². The highest BCUT2D eigenvalue weighted by atomic mass is 19.1. The fraction of sp³-hybridized carbons (Fsp3) is 0.542. The van der Waals surface area contributed by atoms with Crippen LogP contribution in [-0.2, 0) is 14.4 Å². The molecule has 2 N–H and O–H groups in total. The van der Waals surface area contributed by atoms with Crippen LogP contribution in [0.2, 0.25) is 0 Å². The predicted molar refractivity (Wildman–Crippen MR) is 123 cm³/mol. The minimum atomic E-state index is -1.16. The van der Waals surface area contributed by atoms with E-state index in [-0.39, 0.29) is 42.5 Å². The third kappa shape index (κ3) is 5.73. The number of amides is 4. The van der Waals surface area contributed by atoms with Crippen LogP contribution in [0.3, 0.4) is 0 Å². The molecule has 0 aromatic heterocycles. The maximum absolute atomic E-state index is 13.8. The number of benzene rings is 1. The monoisotopic (exact) mass is 493 g/mol. The largest absolute Gasteiger partial charge is 0.480 e. The van der Waals surface area contributed by atoms with Crippen LogP contribution in [0.25, 0.3) is 0 Å². The molecule has 2 aliphatic rings. The molecule has 1 unspecified atom stereocenters. The molecule has 0 bridgehead atoms. The Balaban J connectivity index is 0.000000307. The summed E-state index contributed by atoms with van der Waals surface area (Å²) in [5.74, 6) is -4.19. The van der Waals surface area contributed by atoms with Gasteiger partial charge in [0.25, 0.3) is 17.7 Å². The third-order valence-corrected chi connectivity index (χ3v) is 6.10. The van der Waals surface area contributed by atoms with Crippen LogP contribution in [0.5, 0.6) is 0 Å². The molecule has 2 atom stereocenters. The zero-order valence-corrected chi connectivity index (χ0v) is 20.4. The average molecular weight is 494 g/mol. The van der Waals surface area contributed by atoms with Crippen LogP contribution >= 0.6 is 0 Å². The van der Waals surface area contributed by atoms with Crippen LogP contribution in [0, 0.1) is 11.7 Å². The Morgan fingerprint density at radius 1 is 1.14 bits per heavy atom. The van der Waals surface area contributed by atoms with Crippen molar-refractivity contribution in [3.63, 3.8) is 0 Å². The van der Waals surface area contributed by atoms with Gasteiger partial charge >= 0.3 is 5.97 Å². The first-order valence-corrected chi connectivity index (χ1v) is 11.6. The highest BCUT2D eigenvalue weighted by molar-refractivity contribution is 6.23. The van der Waals surface area contributed by atoms with E-state index in [9.17, 15) is 28.4 Å². The SMILES string of the molecule is CCN(CC)[C@H](C(=O)O)C(C)C.O=C1CCC(N2C(=O)c3cccc(F)c3C2=O)C(=O)N1CCO. The van der Waals surface area contributed by atoms with E-state index in [1.54, 1.807) is 0 Å². The Kier molecular flexibility index (Phi) is 9.61. The topological polar surface area (TPSA) is 136 Å². The summed E-state index contributed by atoms with van der Waals surface area (Å²) >= 11 is 0. The number of fused-ring (bicyclic) bond motifs is 1. The first kappa shape index (κ1) is 28.1. The number of aliphatic hydroxyl groups is 1. The summed E-state index contributed by atoms with van der Waals surface area (Å²) in [6.07, 6.45) is -0.0427. The van der Waals surface area contributed by atoms with Crippen molar-refractivity contribution in [2.45, 2.75) is 52.6 Å². The number of β-amino-alcohol motifs (C(OH)–C–C–N with tert-alkyl or cyclic N) is 1. The molecular formula is C24H32FN3O7. The molecule has 192 valence electrons. The summed E-state index contributed by atoms with van der Waals surface area (Å²) in [6, 6.07) is 2.21. The Morgan fingerprint density at radius 2 is 1.77 bits per heavy atom. The summed E-state index contributed by atoms with van der Waals surface area (Å²) in [5.41, 5.74) is -0.440. The lowest BCUT2D eigenvalue weighted by Gasteiger charge is -2.34. The number of carbonyl (C=O) groups excluding carboxylic acids is 4. The number of piperidine rings is 1. The molecule has 2 aliphatic heterocycles. The van der Waals surface area contributed by atoms with Crippen LogP contribution in [0.4, 0.5) is 4.39 Å². The average Bonchev–Trinajstić information content (AvgIpc) is 3.06. The first-order chi connectivity index (χ1) is 16.5. The van der Waals surface area contributed by atoms with E-state index in [1.165, 1.54) is 12.1 Å². The highest BCUT2D eigenvalue weighted by Gasteiger charge is 2.47. The number of nitrogens with zero attached hydrogens (tertiary/aromatic N) is 3. The summed E-state index contributed by atoms with van der Waals surface area (Å²) < 4.78 is 13.8. The lowest BCUT2D eigenvalue weighted by atomic mass is 10.0. The third-order valence-electron chi connectivity index (χ3n) is 6.10. The van der Waals surface area contributed by atoms with Crippen molar-refractivity contribution < 1.29 is 38.6 Å². The van der Waals surface area contributed by atoms with Crippen LogP contribution < -0.4 is 0 Å². The van der Waals surface area contributed by atoms with Gasteiger partial charge in [0, 0.05) is 6.42 Å². The van der Waals surface area contributed by atoms with E-state index < -0.39 is 48.1 Å².